The summed E-state index contributed by atoms with van der Waals surface area (Å²) in [4.78, 5) is 25.7. The van der Waals surface area contributed by atoms with E-state index in [4.69, 9.17) is 0 Å². The van der Waals surface area contributed by atoms with E-state index in [1.165, 1.54) is 0 Å². The lowest BCUT2D eigenvalue weighted by Gasteiger charge is -2.43. The minimum atomic E-state index is 0. The molecule has 1 fully saturated rings. The van der Waals surface area contributed by atoms with Crippen LogP contribution in [-0.4, -0.2) is 66.1 Å². The average molecular weight is 317 g/mol. The second-order valence-electron chi connectivity index (χ2n) is 6.64. The monoisotopic (exact) mass is 317 g/mol. The van der Waals surface area contributed by atoms with Gasteiger partial charge in [0.15, 0.2) is 0 Å². The van der Waals surface area contributed by atoms with Crippen LogP contribution in [0.3, 0.4) is 0 Å². The zero-order chi connectivity index (χ0) is 16.6. The number of nitrogens with zero attached hydrogens (tertiary/aromatic N) is 4. The predicted octanol–water partition coefficient (Wildman–Crippen LogP) is 2.64. The van der Waals surface area contributed by atoms with E-state index in [9.17, 15) is 4.79 Å². The van der Waals surface area contributed by atoms with Gasteiger partial charge in [-0.15, -0.1) is 0 Å². The highest BCUT2D eigenvalue weighted by atomic mass is 16.2. The summed E-state index contributed by atoms with van der Waals surface area (Å²) in [6.07, 6.45) is 4.78. The number of amides is 2. The molecule has 0 aliphatic carbocycles. The lowest BCUT2D eigenvalue weighted by Crippen LogP contribution is -2.54. The molecule has 0 saturated carbocycles. The topological polar surface area (TPSA) is 55.5 Å². The molecule has 1 saturated heterocycles. The summed E-state index contributed by atoms with van der Waals surface area (Å²) in [6.45, 7) is 3.86. The smallest absolute Gasteiger partial charge is 0.319 e. The number of carbonyl (C=O) groups is 1. The number of piperidine rings is 1. The second-order valence-corrected chi connectivity index (χ2v) is 6.64. The van der Waals surface area contributed by atoms with E-state index in [0.717, 1.165) is 36.2 Å². The van der Waals surface area contributed by atoms with Gasteiger partial charge in [0.2, 0.25) is 0 Å². The number of fused-ring (bicyclic) bond motifs is 1. The Morgan fingerprint density at radius 2 is 2.17 bits per heavy atom. The van der Waals surface area contributed by atoms with Crippen molar-refractivity contribution in [2.24, 2.45) is 5.92 Å². The largest absolute Gasteiger partial charge is 0.369 e. The van der Waals surface area contributed by atoms with Gasteiger partial charge in [-0.1, -0.05) is 6.92 Å². The van der Waals surface area contributed by atoms with Crippen molar-refractivity contribution in [2.75, 3.05) is 39.1 Å². The highest BCUT2D eigenvalue weighted by Crippen LogP contribution is 2.30. The van der Waals surface area contributed by atoms with Crippen molar-refractivity contribution in [3.05, 3.63) is 24.5 Å². The van der Waals surface area contributed by atoms with Crippen molar-refractivity contribution >= 4 is 22.8 Å². The lowest BCUT2D eigenvalue weighted by molar-refractivity contribution is 0.140. The summed E-state index contributed by atoms with van der Waals surface area (Å²) in [6, 6.07) is 4.50. The van der Waals surface area contributed by atoms with Crippen LogP contribution < -0.4 is 4.90 Å². The minimum absolute atomic E-state index is 0. The predicted molar refractivity (Wildman–Crippen MR) is 94.8 cm³/mol. The fourth-order valence-corrected chi connectivity index (χ4v) is 3.44. The molecule has 0 spiro atoms. The molecule has 1 aliphatic rings. The number of rotatable bonds is 2. The van der Waals surface area contributed by atoms with Gasteiger partial charge in [0.1, 0.15) is 5.65 Å². The fraction of sp³-hybridized carbons (Fsp3) is 0.529. The normalized spacial score (nSPS) is 21.5. The number of likely N-dealkylation sites (N-methyl/N-ethyl adjacent to an activating group) is 1. The van der Waals surface area contributed by atoms with Crippen LogP contribution in [0.1, 0.15) is 14.8 Å². The Kier molecular flexibility index (Phi) is 4.15. The third kappa shape index (κ3) is 2.85. The number of aromatic amines is 1. The van der Waals surface area contributed by atoms with Gasteiger partial charge in [-0.3, -0.25) is 0 Å². The summed E-state index contributed by atoms with van der Waals surface area (Å²) >= 11 is 0. The summed E-state index contributed by atoms with van der Waals surface area (Å²) in [7, 11) is 5.74. The van der Waals surface area contributed by atoms with Crippen LogP contribution in [0.5, 0.6) is 0 Å². The number of anilines is 1. The number of likely N-dealkylation sites (tertiary alicyclic amines) is 1. The van der Waals surface area contributed by atoms with E-state index in [2.05, 4.69) is 41.0 Å². The molecule has 0 radical (unpaired) electrons. The Balaban J connectivity index is 0.00000208. The molecule has 1 N–H and O–H groups in total. The molecule has 0 aromatic carbocycles. The summed E-state index contributed by atoms with van der Waals surface area (Å²) in [5, 5.41) is 1.12. The quantitative estimate of drug-likeness (QED) is 0.926. The molecule has 2 aromatic heterocycles. The summed E-state index contributed by atoms with van der Waals surface area (Å²) in [5.41, 5.74) is 2.06. The molecule has 1 aliphatic heterocycles. The SMILES string of the molecule is C[C@@H]1CCN(C(=O)N(C)C)CC1N(C)c1ccnc2[nH]ccc12.[HH]. The molecule has 1 unspecified atom stereocenters. The highest BCUT2D eigenvalue weighted by Gasteiger charge is 2.32. The Morgan fingerprint density at radius 1 is 1.39 bits per heavy atom. The van der Waals surface area contributed by atoms with Gasteiger partial charge in [-0.05, 0) is 24.5 Å². The van der Waals surface area contributed by atoms with Crippen LogP contribution in [0.25, 0.3) is 11.0 Å². The molecule has 0 bridgehead atoms. The maximum absolute atomic E-state index is 12.3. The first kappa shape index (κ1) is 15.6. The molecule has 6 heteroatoms. The second kappa shape index (κ2) is 6.10. The van der Waals surface area contributed by atoms with E-state index in [-0.39, 0.29) is 7.46 Å². The van der Waals surface area contributed by atoms with Crippen LogP contribution in [0.15, 0.2) is 24.5 Å². The number of pyridine rings is 1. The zero-order valence-electron chi connectivity index (χ0n) is 14.3. The van der Waals surface area contributed by atoms with Crippen molar-refractivity contribution in [3.8, 4) is 0 Å². The van der Waals surface area contributed by atoms with Gasteiger partial charge in [0.25, 0.3) is 0 Å². The fourth-order valence-electron chi connectivity index (χ4n) is 3.44. The molecule has 2 atom stereocenters. The molecular formula is C17H27N5O. The summed E-state index contributed by atoms with van der Waals surface area (Å²) in [5.74, 6) is 0.536. The van der Waals surface area contributed by atoms with E-state index in [1.807, 2.05) is 31.4 Å². The van der Waals surface area contributed by atoms with E-state index < -0.39 is 0 Å². The third-order valence-corrected chi connectivity index (χ3v) is 4.89. The van der Waals surface area contributed by atoms with Gasteiger partial charge < -0.3 is 19.7 Å². The number of aromatic nitrogens is 2. The Morgan fingerprint density at radius 3 is 2.91 bits per heavy atom. The number of hydrogen-bond acceptors (Lipinski definition) is 3. The molecule has 2 amide bonds. The van der Waals surface area contributed by atoms with Gasteiger partial charge in [0, 0.05) is 65.2 Å². The molecule has 126 valence electrons. The van der Waals surface area contributed by atoms with E-state index in [0.29, 0.717) is 12.0 Å². The average Bonchev–Trinajstić information content (AvgIpc) is 3.02. The third-order valence-electron chi connectivity index (χ3n) is 4.89. The number of urea groups is 1. The number of H-pyrrole nitrogens is 1. The van der Waals surface area contributed by atoms with Crippen LogP contribution in [0, 0.1) is 5.92 Å². The maximum Gasteiger partial charge on any atom is 0.319 e. The Labute approximate surface area is 138 Å². The van der Waals surface area contributed by atoms with Crippen LogP contribution in [0.2, 0.25) is 0 Å². The molecule has 3 rings (SSSR count). The van der Waals surface area contributed by atoms with Crippen molar-refractivity contribution in [2.45, 2.75) is 19.4 Å². The minimum Gasteiger partial charge on any atom is -0.369 e. The lowest BCUT2D eigenvalue weighted by atomic mass is 9.92. The zero-order valence-corrected chi connectivity index (χ0v) is 14.3. The first-order chi connectivity index (χ1) is 11.0. The van der Waals surface area contributed by atoms with Gasteiger partial charge >= 0.3 is 6.03 Å². The Hall–Kier alpha value is -2.24. The highest BCUT2D eigenvalue weighted by molar-refractivity contribution is 5.89. The molecule has 6 nitrogen and oxygen atoms in total. The summed E-state index contributed by atoms with van der Waals surface area (Å²) < 4.78 is 0. The van der Waals surface area contributed by atoms with Gasteiger partial charge in [-0.2, -0.15) is 0 Å². The molecular weight excluding hydrogens is 290 g/mol. The number of nitrogens with one attached hydrogen (secondary N) is 1. The maximum atomic E-state index is 12.3. The van der Waals surface area contributed by atoms with Crippen LogP contribution in [-0.2, 0) is 0 Å². The van der Waals surface area contributed by atoms with Crippen molar-refractivity contribution in [3.63, 3.8) is 0 Å². The van der Waals surface area contributed by atoms with Crippen LogP contribution >= 0.6 is 0 Å². The van der Waals surface area contributed by atoms with E-state index >= 15 is 0 Å². The molecule has 23 heavy (non-hydrogen) atoms. The first-order valence-electron chi connectivity index (χ1n) is 8.10. The van der Waals surface area contributed by atoms with Crippen LogP contribution in [0.4, 0.5) is 10.5 Å². The molecule has 2 aromatic rings. The Bertz CT molecular complexity index is 701. The first-order valence-corrected chi connectivity index (χ1v) is 8.10. The van der Waals surface area contributed by atoms with Crippen molar-refractivity contribution < 1.29 is 6.22 Å². The number of hydrogen-bond donors (Lipinski definition) is 1. The standard InChI is InChI=1S/C17H25N5O.H2/c1-12-7-10-22(17(23)20(2)3)11-15(12)21(4)14-6-9-19-16-13(14)5-8-18-16;/h5-6,8-9,12,15H,7,10-11H2,1-4H3,(H,18,19);1H/t12-,15?;/m1./s1. The van der Waals surface area contributed by atoms with Gasteiger partial charge in [-0.25, -0.2) is 9.78 Å². The van der Waals surface area contributed by atoms with Crippen molar-refractivity contribution in [1.82, 2.24) is 19.8 Å². The van der Waals surface area contributed by atoms with Crippen molar-refractivity contribution in [1.29, 1.82) is 0 Å². The van der Waals surface area contributed by atoms with E-state index in [1.54, 1.807) is 4.90 Å². The van der Waals surface area contributed by atoms with Gasteiger partial charge in [0.05, 0.1) is 0 Å². The molecule has 3 heterocycles. The number of carbonyl (C=O) groups excluding carboxylic acids is 1.